The van der Waals surface area contributed by atoms with Crippen molar-refractivity contribution in [2.75, 3.05) is 17.2 Å². The van der Waals surface area contributed by atoms with Gasteiger partial charge >= 0.3 is 6.18 Å². The summed E-state index contributed by atoms with van der Waals surface area (Å²) in [7, 11) is 0. The van der Waals surface area contributed by atoms with Crippen LogP contribution in [-0.2, 0) is 20.6 Å². The molecule has 1 aliphatic rings. The number of halogens is 3. The van der Waals surface area contributed by atoms with Crippen molar-refractivity contribution < 1.29 is 27.6 Å². The van der Waals surface area contributed by atoms with Crippen molar-refractivity contribution in [2.24, 2.45) is 5.10 Å². The number of benzene rings is 2. The molecule has 2 N–H and O–H groups in total. The molecular formula is C22H21F3N4O3. The van der Waals surface area contributed by atoms with Crippen LogP contribution in [0.1, 0.15) is 37.3 Å². The summed E-state index contributed by atoms with van der Waals surface area (Å²) in [5.74, 6) is -1.64. The maximum atomic E-state index is 13.4. The first kappa shape index (κ1) is 23.0. The molecule has 3 rings (SSSR count). The summed E-state index contributed by atoms with van der Waals surface area (Å²) in [6, 6.07) is 12.4. The number of hydrogen-bond donors (Lipinski definition) is 2. The summed E-state index contributed by atoms with van der Waals surface area (Å²) in [5, 5.41) is 10.0. The Balaban J connectivity index is 1.61. The number of anilines is 2. The van der Waals surface area contributed by atoms with Gasteiger partial charge in [0.2, 0.25) is 17.7 Å². The van der Waals surface area contributed by atoms with Crippen LogP contribution in [0, 0.1) is 0 Å². The Labute approximate surface area is 182 Å². The Kier molecular flexibility index (Phi) is 6.92. The first-order valence-corrected chi connectivity index (χ1v) is 9.85. The lowest BCUT2D eigenvalue weighted by molar-refractivity contribution is -0.137. The quantitative estimate of drug-likeness (QED) is 0.702. The number of amides is 3. The minimum absolute atomic E-state index is 0.0425. The summed E-state index contributed by atoms with van der Waals surface area (Å²) < 4.78 is 40.1. The van der Waals surface area contributed by atoms with Gasteiger partial charge in [0.05, 0.1) is 23.5 Å². The molecule has 32 heavy (non-hydrogen) atoms. The number of nitrogens with zero attached hydrogens (tertiary/aromatic N) is 2. The molecule has 1 heterocycles. The molecule has 168 valence electrons. The molecule has 0 spiro atoms. The van der Waals surface area contributed by atoms with E-state index in [1.807, 2.05) is 30.3 Å². The number of hydrogen-bond acceptors (Lipinski definition) is 4. The molecular weight excluding hydrogens is 425 g/mol. The van der Waals surface area contributed by atoms with E-state index in [4.69, 9.17) is 0 Å². The Morgan fingerprint density at radius 3 is 2.41 bits per heavy atom. The average molecular weight is 446 g/mol. The monoisotopic (exact) mass is 446 g/mol. The minimum Gasteiger partial charge on any atom is -0.326 e. The number of alkyl halides is 3. The van der Waals surface area contributed by atoms with E-state index in [0.717, 1.165) is 23.4 Å². The van der Waals surface area contributed by atoms with Gasteiger partial charge in [-0.1, -0.05) is 30.3 Å². The van der Waals surface area contributed by atoms with Gasteiger partial charge in [0.15, 0.2) is 0 Å². The van der Waals surface area contributed by atoms with Crippen LogP contribution in [0.2, 0.25) is 0 Å². The molecule has 0 aliphatic carbocycles. The second kappa shape index (κ2) is 9.63. The van der Waals surface area contributed by atoms with Crippen LogP contribution in [0.25, 0.3) is 0 Å². The molecule has 0 radical (unpaired) electrons. The molecule has 2 aromatic carbocycles. The highest BCUT2D eigenvalue weighted by molar-refractivity contribution is 6.03. The lowest BCUT2D eigenvalue weighted by Crippen LogP contribution is -2.25. The van der Waals surface area contributed by atoms with E-state index in [1.165, 1.54) is 18.0 Å². The summed E-state index contributed by atoms with van der Waals surface area (Å²) in [6.45, 7) is 1.56. The zero-order chi connectivity index (χ0) is 23.3. The molecule has 0 aromatic heterocycles. The summed E-state index contributed by atoms with van der Waals surface area (Å²) in [4.78, 5) is 35.7. The third-order valence-corrected chi connectivity index (χ3v) is 4.68. The highest BCUT2D eigenvalue weighted by Gasteiger charge is 2.34. The molecule has 0 saturated carbocycles. The Morgan fingerprint density at radius 2 is 1.75 bits per heavy atom. The molecule has 1 aliphatic heterocycles. The van der Waals surface area contributed by atoms with E-state index in [2.05, 4.69) is 15.7 Å². The summed E-state index contributed by atoms with van der Waals surface area (Å²) >= 11 is 0. The van der Waals surface area contributed by atoms with E-state index in [1.54, 1.807) is 0 Å². The smallest absolute Gasteiger partial charge is 0.326 e. The number of carbonyl (C=O) groups is 3. The van der Waals surface area contributed by atoms with Crippen LogP contribution < -0.4 is 10.6 Å². The normalized spacial score (nSPS) is 13.5. The highest BCUT2D eigenvalue weighted by atomic mass is 19.4. The lowest BCUT2D eigenvalue weighted by atomic mass is 10.1. The van der Waals surface area contributed by atoms with Gasteiger partial charge in [0.25, 0.3) is 0 Å². The zero-order valence-corrected chi connectivity index (χ0v) is 17.2. The molecule has 0 unspecified atom stereocenters. The maximum absolute atomic E-state index is 13.4. The summed E-state index contributed by atoms with van der Waals surface area (Å²) in [5.41, 5.74) is 0.0780. The average Bonchev–Trinajstić information content (AvgIpc) is 3.23. The third kappa shape index (κ3) is 5.93. The molecule has 0 saturated heterocycles. The number of rotatable bonds is 6. The first-order valence-electron chi connectivity index (χ1n) is 9.85. The largest absolute Gasteiger partial charge is 0.418 e. The van der Waals surface area contributed by atoms with Crippen molar-refractivity contribution in [3.8, 4) is 0 Å². The van der Waals surface area contributed by atoms with Crippen LogP contribution in [0.3, 0.4) is 0 Å². The van der Waals surface area contributed by atoms with Gasteiger partial charge in [0, 0.05) is 31.9 Å². The molecule has 0 fully saturated rings. The van der Waals surface area contributed by atoms with Gasteiger partial charge in [-0.25, -0.2) is 5.01 Å². The lowest BCUT2D eigenvalue weighted by Gasteiger charge is -2.16. The fourth-order valence-electron chi connectivity index (χ4n) is 3.20. The maximum Gasteiger partial charge on any atom is 0.418 e. The molecule has 3 amide bonds. The fourth-order valence-corrected chi connectivity index (χ4v) is 3.20. The van der Waals surface area contributed by atoms with Crippen LogP contribution in [0.4, 0.5) is 24.5 Å². The van der Waals surface area contributed by atoms with Gasteiger partial charge in [-0.3, -0.25) is 14.4 Å². The Hall–Kier alpha value is -3.69. The van der Waals surface area contributed by atoms with E-state index >= 15 is 0 Å². The van der Waals surface area contributed by atoms with Crippen molar-refractivity contribution in [2.45, 2.75) is 32.4 Å². The molecule has 7 nitrogen and oxygen atoms in total. The predicted octanol–water partition coefficient (Wildman–Crippen LogP) is 4.02. The number of hydrazone groups is 1. The van der Waals surface area contributed by atoms with Gasteiger partial charge in [-0.15, -0.1) is 0 Å². The Morgan fingerprint density at radius 1 is 1.03 bits per heavy atom. The van der Waals surface area contributed by atoms with Gasteiger partial charge in [0.1, 0.15) is 0 Å². The second-order valence-corrected chi connectivity index (χ2v) is 7.17. The second-order valence-electron chi connectivity index (χ2n) is 7.17. The zero-order valence-electron chi connectivity index (χ0n) is 17.2. The van der Waals surface area contributed by atoms with E-state index in [9.17, 15) is 27.6 Å². The van der Waals surface area contributed by atoms with Crippen molar-refractivity contribution in [1.29, 1.82) is 0 Å². The van der Waals surface area contributed by atoms with Gasteiger partial charge in [-0.2, -0.15) is 18.3 Å². The molecule has 0 atom stereocenters. The topological polar surface area (TPSA) is 90.9 Å². The van der Waals surface area contributed by atoms with Crippen molar-refractivity contribution >= 4 is 34.8 Å². The minimum atomic E-state index is -4.75. The van der Waals surface area contributed by atoms with Crippen LogP contribution in [-0.4, -0.2) is 35.0 Å². The molecule has 2 aromatic rings. The van der Waals surface area contributed by atoms with Crippen molar-refractivity contribution in [3.05, 3.63) is 59.7 Å². The van der Waals surface area contributed by atoms with Crippen LogP contribution in [0.5, 0.6) is 0 Å². The summed E-state index contributed by atoms with van der Waals surface area (Å²) in [6.07, 6.45) is -4.65. The predicted molar refractivity (Wildman–Crippen MR) is 113 cm³/mol. The van der Waals surface area contributed by atoms with Crippen LogP contribution in [0.15, 0.2) is 53.6 Å². The third-order valence-electron chi connectivity index (χ3n) is 4.68. The van der Waals surface area contributed by atoms with E-state index in [-0.39, 0.29) is 24.4 Å². The molecule has 0 bridgehead atoms. The van der Waals surface area contributed by atoms with Crippen LogP contribution >= 0.6 is 0 Å². The van der Waals surface area contributed by atoms with E-state index in [0.29, 0.717) is 13.0 Å². The van der Waals surface area contributed by atoms with E-state index < -0.39 is 29.2 Å². The Bertz CT molecular complexity index is 1050. The standard InChI is InChI=1S/C22H21F3N4O3/c1-14(30)26-16-7-8-19(17(13-16)22(23,24)25)27-20(31)9-10-21(32)29-12-11-18(28-29)15-5-3-2-4-6-15/h2-8,13H,9-12H2,1H3,(H,26,30)(H,27,31). The van der Waals surface area contributed by atoms with Crippen molar-refractivity contribution in [1.82, 2.24) is 5.01 Å². The highest BCUT2D eigenvalue weighted by Crippen LogP contribution is 2.36. The van der Waals surface area contributed by atoms with Gasteiger partial charge < -0.3 is 10.6 Å². The number of nitrogens with one attached hydrogen (secondary N) is 2. The number of carbonyl (C=O) groups excluding carboxylic acids is 3. The van der Waals surface area contributed by atoms with Crippen molar-refractivity contribution in [3.63, 3.8) is 0 Å². The molecule has 10 heteroatoms. The SMILES string of the molecule is CC(=O)Nc1ccc(NC(=O)CCC(=O)N2CCC(c3ccccc3)=N2)c(C(F)(F)F)c1. The fraction of sp³-hybridized carbons (Fsp3) is 0.273. The first-order chi connectivity index (χ1) is 15.1. The van der Waals surface area contributed by atoms with Gasteiger partial charge in [-0.05, 0) is 23.8 Å².